The summed E-state index contributed by atoms with van der Waals surface area (Å²) in [5.41, 5.74) is 0.962. The van der Waals surface area contributed by atoms with E-state index in [9.17, 15) is 18.0 Å². The van der Waals surface area contributed by atoms with Crippen LogP contribution in [0.2, 0.25) is 0 Å². The van der Waals surface area contributed by atoms with E-state index in [2.05, 4.69) is 31.4 Å². The molecular weight excluding hydrogens is 439 g/mol. The number of carbonyl (C=O) groups excluding carboxylic acids is 1. The molecule has 28 heavy (non-hydrogen) atoms. The Morgan fingerprint density at radius 1 is 1.29 bits per heavy atom. The second kappa shape index (κ2) is 8.17. The van der Waals surface area contributed by atoms with Gasteiger partial charge in [0.25, 0.3) is 0 Å². The summed E-state index contributed by atoms with van der Waals surface area (Å²) in [4.78, 5) is 12.2. The van der Waals surface area contributed by atoms with Gasteiger partial charge in [-0.2, -0.15) is 23.4 Å². The van der Waals surface area contributed by atoms with E-state index in [1.165, 1.54) is 11.6 Å². The summed E-state index contributed by atoms with van der Waals surface area (Å²) in [5, 5.41) is 10.5. The van der Waals surface area contributed by atoms with Crippen LogP contribution in [0.4, 0.5) is 18.9 Å². The number of rotatable bonds is 6. The zero-order valence-corrected chi connectivity index (χ0v) is 16.5. The zero-order chi connectivity index (χ0) is 20.3. The summed E-state index contributed by atoms with van der Waals surface area (Å²) in [6, 6.07) is 8.28. The lowest BCUT2D eigenvalue weighted by Gasteiger charge is -2.09. The van der Waals surface area contributed by atoms with E-state index >= 15 is 0 Å². The van der Waals surface area contributed by atoms with Crippen LogP contribution < -0.4 is 5.32 Å². The summed E-state index contributed by atoms with van der Waals surface area (Å²) in [5.74, 6) is -0.303. The first-order valence-electron chi connectivity index (χ1n) is 8.39. The standard InChI is InChI=1S/C18H17BrF3N5O/c1-12-7-16(18(20,21)22)25-27(12)6-5-17(28)24-15-4-2-3-13(8-15)10-26-11-14(19)9-23-26/h2-4,7-9,11H,5-6,10H2,1H3,(H,24,28). The molecule has 0 fully saturated rings. The highest BCUT2D eigenvalue weighted by atomic mass is 79.9. The van der Waals surface area contributed by atoms with Gasteiger partial charge in [-0.15, -0.1) is 0 Å². The Morgan fingerprint density at radius 2 is 2.07 bits per heavy atom. The van der Waals surface area contributed by atoms with Gasteiger partial charge in [0.05, 0.1) is 17.2 Å². The fourth-order valence-corrected chi connectivity index (χ4v) is 2.99. The minimum Gasteiger partial charge on any atom is -0.326 e. The lowest BCUT2D eigenvalue weighted by Crippen LogP contribution is -2.16. The van der Waals surface area contributed by atoms with E-state index < -0.39 is 11.9 Å². The molecule has 0 saturated carbocycles. The van der Waals surface area contributed by atoms with Gasteiger partial charge in [-0.1, -0.05) is 12.1 Å². The number of anilines is 1. The van der Waals surface area contributed by atoms with Crippen LogP contribution in [-0.4, -0.2) is 25.5 Å². The molecule has 10 heteroatoms. The second-order valence-corrected chi connectivity index (χ2v) is 7.16. The average Bonchev–Trinajstić information content (AvgIpc) is 3.18. The summed E-state index contributed by atoms with van der Waals surface area (Å²) >= 11 is 3.34. The Morgan fingerprint density at radius 3 is 2.71 bits per heavy atom. The molecule has 3 rings (SSSR count). The van der Waals surface area contributed by atoms with Crippen molar-refractivity contribution in [1.29, 1.82) is 0 Å². The van der Waals surface area contributed by atoms with Crippen molar-refractivity contribution in [2.75, 3.05) is 5.32 Å². The van der Waals surface area contributed by atoms with Crippen LogP contribution in [0.25, 0.3) is 0 Å². The molecule has 0 aliphatic carbocycles. The molecule has 1 amide bonds. The van der Waals surface area contributed by atoms with Gasteiger partial charge >= 0.3 is 6.18 Å². The van der Waals surface area contributed by atoms with Gasteiger partial charge in [0.1, 0.15) is 0 Å². The van der Waals surface area contributed by atoms with Gasteiger partial charge in [0.15, 0.2) is 5.69 Å². The van der Waals surface area contributed by atoms with E-state index in [1.54, 1.807) is 16.9 Å². The lowest BCUT2D eigenvalue weighted by atomic mass is 10.2. The third-order valence-corrected chi connectivity index (χ3v) is 4.39. The number of nitrogens with zero attached hydrogens (tertiary/aromatic N) is 4. The van der Waals surface area contributed by atoms with Crippen LogP contribution in [0.1, 0.15) is 23.4 Å². The van der Waals surface area contributed by atoms with Crippen molar-refractivity contribution in [2.24, 2.45) is 0 Å². The third kappa shape index (κ3) is 5.22. The van der Waals surface area contributed by atoms with Crippen molar-refractivity contribution in [3.05, 3.63) is 64.1 Å². The van der Waals surface area contributed by atoms with Crippen molar-refractivity contribution < 1.29 is 18.0 Å². The van der Waals surface area contributed by atoms with Crippen molar-refractivity contribution in [1.82, 2.24) is 19.6 Å². The van der Waals surface area contributed by atoms with E-state index in [0.717, 1.165) is 16.1 Å². The monoisotopic (exact) mass is 455 g/mol. The number of nitrogens with one attached hydrogen (secondary N) is 1. The SMILES string of the molecule is Cc1cc(C(F)(F)F)nn1CCC(=O)Nc1cccc(Cn2cc(Br)cn2)c1. The predicted octanol–water partition coefficient (Wildman–Crippen LogP) is 4.25. The van der Waals surface area contributed by atoms with Gasteiger partial charge < -0.3 is 5.32 Å². The molecule has 1 N–H and O–H groups in total. The molecule has 6 nitrogen and oxygen atoms in total. The molecule has 1 aromatic carbocycles. The molecule has 0 bridgehead atoms. The molecule has 2 heterocycles. The van der Waals surface area contributed by atoms with Gasteiger partial charge in [0.2, 0.25) is 5.91 Å². The fourth-order valence-electron chi connectivity index (χ4n) is 2.67. The summed E-state index contributed by atoms with van der Waals surface area (Å²) in [7, 11) is 0. The number of benzene rings is 1. The predicted molar refractivity (Wildman–Crippen MR) is 101 cm³/mol. The zero-order valence-electron chi connectivity index (χ0n) is 14.9. The number of halogens is 4. The molecule has 0 aliphatic heterocycles. The number of aromatic nitrogens is 4. The summed E-state index contributed by atoms with van der Waals surface area (Å²) < 4.78 is 41.9. The molecule has 0 atom stereocenters. The van der Waals surface area contributed by atoms with Gasteiger partial charge in [-0.25, -0.2) is 0 Å². The van der Waals surface area contributed by atoms with E-state index in [-0.39, 0.29) is 18.9 Å². The number of carbonyl (C=O) groups is 1. The van der Waals surface area contributed by atoms with Crippen molar-refractivity contribution in [2.45, 2.75) is 32.6 Å². The molecule has 0 saturated heterocycles. The first kappa shape index (κ1) is 20.1. The van der Waals surface area contributed by atoms with Crippen LogP contribution >= 0.6 is 15.9 Å². The number of alkyl halides is 3. The van der Waals surface area contributed by atoms with Crippen molar-refractivity contribution in [3.63, 3.8) is 0 Å². The summed E-state index contributed by atoms with van der Waals surface area (Å²) in [6.07, 6.45) is -0.959. The van der Waals surface area contributed by atoms with Crippen molar-refractivity contribution in [3.8, 4) is 0 Å². The van der Waals surface area contributed by atoms with Crippen LogP contribution in [0.5, 0.6) is 0 Å². The molecule has 2 aromatic heterocycles. The second-order valence-electron chi connectivity index (χ2n) is 6.25. The van der Waals surface area contributed by atoms with E-state index in [0.29, 0.717) is 17.9 Å². The molecule has 3 aromatic rings. The first-order chi connectivity index (χ1) is 13.2. The largest absolute Gasteiger partial charge is 0.435 e. The maximum absolute atomic E-state index is 12.7. The number of hydrogen-bond donors (Lipinski definition) is 1. The highest BCUT2D eigenvalue weighted by Crippen LogP contribution is 2.28. The topological polar surface area (TPSA) is 64.7 Å². The van der Waals surface area contributed by atoms with Crippen molar-refractivity contribution >= 4 is 27.5 Å². The maximum atomic E-state index is 12.7. The Balaban J connectivity index is 1.58. The Bertz CT molecular complexity index is 980. The minimum atomic E-state index is -4.50. The Hall–Kier alpha value is -2.62. The highest BCUT2D eigenvalue weighted by molar-refractivity contribution is 9.10. The Labute approximate surface area is 167 Å². The molecule has 0 radical (unpaired) electrons. The minimum absolute atomic E-state index is 0.0101. The summed E-state index contributed by atoms with van der Waals surface area (Å²) in [6.45, 7) is 2.13. The smallest absolute Gasteiger partial charge is 0.326 e. The number of hydrogen-bond acceptors (Lipinski definition) is 3. The molecule has 148 valence electrons. The van der Waals surface area contributed by atoms with Crippen LogP contribution in [0.15, 0.2) is 47.2 Å². The van der Waals surface area contributed by atoms with Gasteiger partial charge in [-0.05, 0) is 46.6 Å². The lowest BCUT2D eigenvalue weighted by molar-refractivity contribution is -0.141. The average molecular weight is 456 g/mol. The third-order valence-electron chi connectivity index (χ3n) is 3.98. The normalized spacial score (nSPS) is 11.6. The van der Waals surface area contributed by atoms with E-state index in [4.69, 9.17) is 0 Å². The molecule has 0 spiro atoms. The van der Waals surface area contributed by atoms with Crippen LogP contribution in [0.3, 0.4) is 0 Å². The first-order valence-corrected chi connectivity index (χ1v) is 9.18. The molecule has 0 aliphatic rings. The van der Waals surface area contributed by atoms with Gasteiger partial charge in [0, 0.05) is 30.5 Å². The number of aryl methyl sites for hydroxylation is 2. The number of amides is 1. The Kier molecular flexibility index (Phi) is 5.87. The molecule has 0 unspecified atom stereocenters. The van der Waals surface area contributed by atoms with Gasteiger partial charge in [-0.3, -0.25) is 14.2 Å². The molecular formula is C18H17BrF3N5O. The maximum Gasteiger partial charge on any atom is 0.435 e. The van der Waals surface area contributed by atoms with Crippen LogP contribution in [0, 0.1) is 6.92 Å². The fraction of sp³-hybridized carbons (Fsp3) is 0.278. The quantitative estimate of drug-likeness (QED) is 0.604. The van der Waals surface area contributed by atoms with Crippen LogP contribution in [-0.2, 0) is 24.1 Å². The van der Waals surface area contributed by atoms with E-state index in [1.807, 2.05) is 24.4 Å². The highest BCUT2D eigenvalue weighted by Gasteiger charge is 2.34.